The van der Waals surface area contributed by atoms with E-state index in [1.54, 1.807) is 19.4 Å². The monoisotopic (exact) mass is 345 g/mol. The summed E-state index contributed by atoms with van der Waals surface area (Å²) >= 11 is 0. The van der Waals surface area contributed by atoms with Crippen LogP contribution in [0.4, 0.5) is 0 Å². The Morgan fingerprint density at radius 1 is 1.36 bits per heavy atom. The van der Waals surface area contributed by atoms with Gasteiger partial charge in [0.15, 0.2) is 0 Å². The Morgan fingerprint density at radius 3 is 2.80 bits per heavy atom. The zero-order valence-electron chi connectivity index (χ0n) is 15.7. The third-order valence-corrected chi connectivity index (χ3v) is 4.18. The first-order valence-electron chi connectivity index (χ1n) is 8.59. The minimum absolute atomic E-state index is 0.113. The highest BCUT2D eigenvalue weighted by molar-refractivity contribution is 5.98. The van der Waals surface area contributed by atoms with Gasteiger partial charge in [-0.2, -0.15) is 0 Å². The van der Waals surface area contributed by atoms with Gasteiger partial charge in [-0.25, -0.2) is 0 Å². The Balaban J connectivity index is 2.21. The Labute approximate surface area is 149 Å². The maximum atomic E-state index is 12.1. The van der Waals surface area contributed by atoms with Crippen molar-refractivity contribution in [2.75, 3.05) is 26.9 Å². The number of allylic oxidation sites excluding steroid dienone is 1. The average Bonchev–Trinajstić information content (AvgIpc) is 2.96. The van der Waals surface area contributed by atoms with Crippen LogP contribution in [0.1, 0.15) is 37.0 Å². The van der Waals surface area contributed by atoms with Crippen LogP contribution in [0.3, 0.4) is 0 Å². The summed E-state index contributed by atoms with van der Waals surface area (Å²) in [5.41, 5.74) is 4.58. The lowest BCUT2D eigenvalue weighted by molar-refractivity contribution is -0.116. The maximum Gasteiger partial charge on any atom is 0.244 e. The number of hydrogen-bond donors (Lipinski definition) is 1. The Hall–Kier alpha value is -2.27. The second-order valence-electron chi connectivity index (χ2n) is 6.05. The summed E-state index contributed by atoms with van der Waals surface area (Å²) in [4.78, 5) is 12.1. The average molecular weight is 345 g/mol. The lowest BCUT2D eigenvalue weighted by Crippen LogP contribution is -2.23. The van der Waals surface area contributed by atoms with Gasteiger partial charge < -0.3 is 19.2 Å². The summed E-state index contributed by atoms with van der Waals surface area (Å²) in [5, 5.41) is 3.92. The van der Waals surface area contributed by atoms with Crippen molar-refractivity contribution in [1.29, 1.82) is 0 Å². The van der Waals surface area contributed by atoms with Crippen LogP contribution < -0.4 is 10.1 Å². The number of hydrogen-bond acceptors (Lipinski definition) is 4. The van der Waals surface area contributed by atoms with E-state index in [0.29, 0.717) is 19.8 Å². The molecule has 1 heterocycles. The van der Waals surface area contributed by atoms with Gasteiger partial charge in [0, 0.05) is 42.3 Å². The zero-order valence-corrected chi connectivity index (χ0v) is 15.7. The molecule has 5 nitrogen and oxygen atoms in total. The molecule has 2 aromatic rings. The van der Waals surface area contributed by atoms with Crippen LogP contribution in [0, 0.1) is 13.8 Å². The third-order valence-electron chi connectivity index (χ3n) is 4.18. The number of furan rings is 1. The van der Waals surface area contributed by atoms with E-state index in [1.807, 2.05) is 33.8 Å². The summed E-state index contributed by atoms with van der Waals surface area (Å²) in [6.45, 7) is 9.79. The second kappa shape index (κ2) is 8.72. The molecule has 5 heteroatoms. The molecular weight excluding hydrogens is 318 g/mol. The van der Waals surface area contributed by atoms with Gasteiger partial charge in [-0.15, -0.1) is 0 Å². The molecule has 0 unspecified atom stereocenters. The Bertz CT molecular complexity index is 774. The standard InChI is InChI=1S/C20H27NO4/c1-6-24-9-7-8-21-18(22)10-13(2)16-11-17-14(3)12-25-20(17)15(4)19(16)23-5/h10-12H,6-9H2,1-5H3,(H,21,22)/b13-10+. The summed E-state index contributed by atoms with van der Waals surface area (Å²) in [7, 11) is 1.63. The highest BCUT2D eigenvalue weighted by atomic mass is 16.5. The van der Waals surface area contributed by atoms with Gasteiger partial charge in [0.1, 0.15) is 11.3 Å². The molecule has 0 aliphatic rings. The van der Waals surface area contributed by atoms with Crippen molar-refractivity contribution in [2.45, 2.75) is 34.1 Å². The number of rotatable bonds is 8. The first-order chi connectivity index (χ1) is 12.0. The minimum atomic E-state index is -0.113. The second-order valence-corrected chi connectivity index (χ2v) is 6.05. The topological polar surface area (TPSA) is 60.7 Å². The van der Waals surface area contributed by atoms with Crippen LogP contribution in [0.15, 0.2) is 22.8 Å². The molecule has 2 rings (SSSR count). The van der Waals surface area contributed by atoms with Crippen molar-refractivity contribution in [3.05, 3.63) is 35.1 Å². The van der Waals surface area contributed by atoms with E-state index in [9.17, 15) is 4.79 Å². The van der Waals surface area contributed by atoms with Crippen LogP contribution in [-0.2, 0) is 9.53 Å². The highest BCUT2D eigenvalue weighted by Crippen LogP contribution is 2.37. The lowest BCUT2D eigenvalue weighted by Gasteiger charge is -2.13. The Morgan fingerprint density at radius 2 is 2.12 bits per heavy atom. The molecule has 1 aromatic heterocycles. The fourth-order valence-corrected chi connectivity index (χ4v) is 2.85. The quantitative estimate of drug-likeness (QED) is 0.580. The molecule has 1 amide bonds. The van der Waals surface area contributed by atoms with E-state index in [4.69, 9.17) is 13.9 Å². The summed E-state index contributed by atoms with van der Waals surface area (Å²) in [5.74, 6) is 0.623. The molecule has 0 spiro atoms. The van der Waals surface area contributed by atoms with Crippen molar-refractivity contribution in [3.63, 3.8) is 0 Å². The zero-order chi connectivity index (χ0) is 18.4. The number of nitrogens with one attached hydrogen (secondary N) is 1. The van der Waals surface area contributed by atoms with E-state index in [2.05, 4.69) is 5.32 Å². The number of carbonyl (C=O) groups excluding carboxylic acids is 1. The van der Waals surface area contributed by atoms with Crippen molar-refractivity contribution in [3.8, 4) is 5.75 Å². The number of amides is 1. The predicted octanol–water partition coefficient (Wildman–Crippen LogP) is 4.00. The van der Waals surface area contributed by atoms with Gasteiger partial charge in [-0.1, -0.05) is 0 Å². The summed E-state index contributed by atoms with van der Waals surface area (Å²) in [6.07, 6.45) is 4.15. The fourth-order valence-electron chi connectivity index (χ4n) is 2.85. The molecule has 0 saturated carbocycles. The molecule has 1 N–H and O–H groups in total. The van der Waals surface area contributed by atoms with Crippen molar-refractivity contribution in [1.82, 2.24) is 5.32 Å². The van der Waals surface area contributed by atoms with Gasteiger partial charge >= 0.3 is 0 Å². The molecule has 136 valence electrons. The number of fused-ring (bicyclic) bond motifs is 1. The van der Waals surface area contributed by atoms with E-state index < -0.39 is 0 Å². The largest absolute Gasteiger partial charge is 0.496 e. The van der Waals surface area contributed by atoms with Crippen LogP contribution in [0.25, 0.3) is 16.5 Å². The first-order valence-corrected chi connectivity index (χ1v) is 8.59. The number of carbonyl (C=O) groups is 1. The maximum absolute atomic E-state index is 12.1. The lowest BCUT2D eigenvalue weighted by atomic mass is 9.98. The van der Waals surface area contributed by atoms with Crippen molar-refractivity contribution in [2.24, 2.45) is 0 Å². The van der Waals surface area contributed by atoms with Crippen molar-refractivity contribution < 1.29 is 18.7 Å². The third kappa shape index (κ3) is 4.42. The molecular formula is C20H27NO4. The summed E-state index contributed by atoms with van der Waals surface area (Å²) in [6, 6.07) is 2.02. The van der Waals surface area contributed by atoms with Crippen LogP contribution in [-0.4, -0.2) is 32.8 Å². The van der Waals surface area contributed by atoms with Crippen molar-refractivity contribution >= 4 is 22.4 Å². The van der Waals surface area contributed by atoms with Crippen LogP contribution >= 0.6 is 0 Å². The number of methoxy groups -OCH3 is 1. The van der Waals surface area contributed by atoms with E-state index in [1.165, 1.54) is 0 Å². The molecule has 25 heavy (non-hydrogen) atoms. The molecule has 0 aliphatic heterocycles. The normalized spacial score (nSPS) is 11.8. The number of benzene rings is 1. The number of aryl methyl sites for hydroxylation is 2. The molecule has 0 aliphatic carbocycles. The van der Waals surface area contributed by atoms with E-state index >= 15 is 0 Å². The smallest absolute Gasteiger partial charge is 0.244 e. The van der Waals surface area contributed by atoms with Gasteiger partial charge in [0.05, 0.1) is 13.4 Å². The predicted molar refractivity (Wildman–Crippen MR) is 100 cm³/mol. The Kier molecular flexibility index (Phi) is 6.65. The van der Waals surface area contributed by atoms with E-state index in [-0.39, 0.29) is 5.91 Å². The first kappa shape index (κ1) is 19.1. The van der Waals surface area contributed by atoms with Crippen LogP contribution in [0.5, 0.6) is 5.75 Å². The molecule has 0 atom stereocenters. The molecule has 0 bridgehead atoms. The SMILES string of the molecule is CCOCCCNC(=O)/C=C(\C)c1cc2c(C)coc2c(C)c1OC. The van der Waals surface area contributed by atoms with E-state index in [0.717, 1.165) is 45.4 Å². The number of ether oxygens (including phenoxy) is 2. The highest BCUT2D eigenvalue weighted by Gasteiger charge is 2.16. The molecule has 0 fully saturated rings. The minimum Gasteiger partial charge on any atom is -0.496 e. The van der Waals surface area contributed by atoms with Gasteiger partial charge in [0.25, 0.3) is 0 Å². The molecule has 0 radical (unpaired) electrons. The van der Waals surface area contributed by atoms with Gasteiger partial charge in [0.2, 0.25) is 5.91 Å². The van der Waals surface area contributed by atoms with Gasteiger partial charge in [-0.05, 0) is 51.3 Å². The molecule has 0 saturated heterocycles. The van der Waals surface area contributed by atoms with Gasteiger partial charge in [-0.3, -0.25) is 4.79 Å². The fraction of sp³-hybridized carbons (Fsp3) is 0.450. The summed E-state index contributed by atoms with van der Waals surface area (Å²) < 4.78 is 16.5. The molecule has 1 aromatic carbocycles. The van der Waals surface area contributed by atoms with Crippen LogP contribution in [0.2, 0.25) is 0 Å².